The lowest BCUT2D eigenvalue weighted by molar-refractivity contribution is -0.385. The second kappa shape index (κ2) is 6.86. The second-order valence-corrected chi connectivity index (χ2v) is 7.73. The molecule has 8 nitrogen and oxygen atoms in total. The first-order valence-electron chi connectivity index (χ1n) is 7.65. The Morgan fingerprint density at radius 3 is 2.38 bits per heavy atom. The quantitative estimate of drug-likeness (QED) is 0.650. The minimum absolute atomic E-state index is 0.0264. The predicted molar refractivity (Wildman–Crippen MR) is 88.2 cm³/mol. The number of amides is 1. The summed E-state index contributed by atoms with van der Waals surface area (Å²) in [7, 11) is -3.86. The van der Waals surface area contributed by atoms with Crippen LogP contribution in [0.1, 0.15) is 30.9 Å². The van der Waals surface area contributed by atoms with Crippen LogP contribution in [0, 0.1) is 24.0 Å². The molecule has 0 radical (unpaired) electrons. The summed E-state index contributed by atoms with van der Waals surface area (Å²) in [6, 6.07) is 2.17. The van der Waals surface area contributed by atoms with E-state index in [9.17, 15) is 23.3 Å². The third-order valence-electron chi connectivity index (χ3n) is 4.37. The molecule has 0 saturated carbocycles. The molecule has 132 valence electrons. The van der Waals surface area contributed by atoms with Crippen molar-refractivity contribution in [1.29, 1.82) is 0 Å². The van der Waals surface area contributed by atoms with Gasteiger partial charge in [-0.3, -0.25) is 14.9 Å². The lowest BCUT2D eigenvalue weighted by atomic mass is 10.1. The maximum Gasteiger partial charge on any atom is 0.271 e. The van der Waals surface area contributed by atoms with Crippen LogP contribution in [0.5, 0.6) is 0 Å². The molecule has 9 heteroatoms. The number of nitrogens with one attached hydrogen (secondary N) is 1. The van der Waals surface area contributed by atoms with Crippen molar-refractivity contribution in [3.63, 3.8) is 0 Å². The molecule has 1 fully saturated rings. The Kier molecular flexibility index (Phi) is 5.24. The molecule has 1 heterocycles. The van der Waals surface area contributed by atoms with Crippen molar-refractivity contribution in [2.75, 3.05) is 13.1 Å². The van der Waals surface area contributed by atoms with Crippen LogP contribution >= 0.6 is 0 Å². The normalized spacial score (nSPS) is 16.2. The molecule has 1 aliphatic rings. The fraction of sp³-hybridized carbons (Fsp3) is 0.533. The molecular weight excluding hydrogens is 334 g/mol. The van der Waals surface area contributed by atoms with Crippen molar-refractivity contribution in [2.45, 2.75) is 44.6 Å². The smallest absolute Gasteiger partial charge is 0.271 e. The molecule has 1 saturated heterocycles. The van der Waals surface area contributed by atoms with Gasteiger partial charge in [0.15, 0.2) is 0 Å². The van der Waals surface area contributed by atoms with Crippen LogP contribution in [0.25, 0.3) is 0 Å². The number of rotatable bonds is 4. The van der Waals surface area contributed by atoms with Gasteiger partial charge in [-0.15, -0.1) is 0 Å². The Bertz CT molecular complexity index is 768. The van der Waals surface area contributed by atoms with Gasteiger partial charge in [0.1, 0.15) is 0 Å². The number of sulfonamides is 1. The number of nitro groups is 1. The first-order chi connectivity index (χ1) is 11.1. The van der Waals surface area contributed by atoms with Gasteiger partial charge >= 0.3 is 0 Å². The Hall–Kier alpha value is -2.00. The summed E-state index contributed by atoms with van der Waals surface area (Å²) in [5, 5.41) is 11.0. The molecule has 0 aromatic heterocycles. The summed E-state index contributed by atoms with van der Waals surface area (Å²) in [4.78, 5) is 23.3. The van der Waals surface area contributed by atoms with Crippen molar-refractivity contribution in [3.8, 4) is 0 Å². The Morgan fingerprint density at radius 1 is 1.29 bits per heavy atom. The number of likely N-dealkylation sites (tertiary alicyclic amines) is 1. The monoisotopic (exact) mass is 355 g/mol. The van der Waals surface area contributed by atoms with Gasteiger partial charge in [-0.05, 0) is 37.8 Å². The largest absolute Gasteiger partial charge is 0.343 e. The van der Waals surface area contributed by atoms with E-state index >= 15 is 0 Å². The number of benzene rings is 1. The number of nitrogens with zero attached hydrogens (tertiary/aromatic N) is 2. The molecular formula is C15H21N3O5S. The van der Waals surface area contributed by atoms with E-state index < -0.39 is 14.9 Å². The zero-order chi connectivity index (χ0) is 18.1. The maximum atomic E-state index is 12.6. The van der Waals surface area contributed by atoms with Gasteiger partial charge in [0.05, 0.1) is 9.82 Å². The molecule has 1 aromatic carbocycles. The minimum Gasteiger partial charge on any atom is -0.343 e. The zero-order valence-electron chi connectivity index (χ0n) is 13.9. The zero-order valence-corrected chi connectivity index (χ0v) is 14.7. The summed E-state index contributed by atoms with van der Waals surface area (Å²) in [5.41, 5.74) is 0.801. The van der Waals surface area contributed by atoms with Gasteiger partial charge in [0.25, 0.3) is 5.69 Å². The average Bonchev–Trinajstić information content (AvgIpc) is 2.49. The van der Waals surface area contributed by atoms with Crippen LogP contribution in [-0.2, 0) is 14.8 Å². The number of hydrogen-bond acceptors (Lipinski definition) is 5. The molecule has 1 aliphatic heterocycles. The van der Waals surface area contributed by atoms with Crippen molar-refractivity contribution < 1.29 is 18.1 Å². The number of carbonyl (C=O) groups excluding carboxylic acids is 1. The number of non-ortho nitro benzene ring substituents is 1. The molecule has 0 bridgehead atoms. The van der Waals surface area contributed by atoms with Crippen molar-refractivity contribution in [1.82, 2.24) is 9.62 Å². The highest BCUT2D eigenvalue weighted by Gasteiger charge is 2.28. The van der Waals surface area contributed by atoms with E-state index in [1.54, 1.807) is 18.7 Å². The summed E-state index contributed by atoms with van der Waals surface area (Å²) in [6.45, 7) is 5.75. The fourth-order valence-electron chi connectivity index (χ4n) is 2.79. The summed E-state index contributed by atoms with van der Waals surface area (Å²) in [5.74, 6) is -0.0264. The van der Waals surface area contributed by atoms with Gasteiger partial charge in [0.2, 0.25) is 15.9 Å². The topological polar surface area (TPSA) is 110 Å². The second-order valence-electron chi connectivity index (χ2n) is 6.04. The maximum absolute atomic E-state index is 12.6. The predicted octanol–water partition coefficient (Wildman–Crippen LogP) is 1.50. The molecule has 0 unspecified atom stereocenters. The van der Waals surface area contributed by atoms with Gasteiger partial charge in [-0.25, -0.2) is 13.1 Å². The Labute approximate surface area is 141 Å². The van der Waals surface area contributed by atoms with E-state index in [-0.39, 0.29) is 22.5 Å². The molecule has 1 aromatic rings. The van der Waals surface area contributed by atoms with E-state index in [4.69, 9.17) is 0 Å². The van der Waals surface area contributed by atoms with Crippen LogP contribution in [-0.4, -0.2) is 43.3 Å². The lowest BCUT2D eigenvalue weighted by Crippen LogP contribution is -2.46. The van der Waals surface area contributed by atoms with Gasteiger partial charge in [-0.2, -0.15) is 0 Å². The molecule has 0 atom stereocenters. The first kappa shape index (κ1) is 18.3. The van der Waals surface area contributed by atoms with Crippen LogP contribution < -0.4 is 4.72 Å². The summed E-state index contributed by atoms with van der Waals surface area (Å²) >= 11 is 0. The SMILES string of the molecule is CC(=O)N1CCC(NS(=O)(=O)c2cc([N+](=O)[O-])cc(C)c2C)CC1. The molecule has 0 aliphatic carbocycles. The number of nitro benzene ring substituents is 1. The third-order valence-corrected chi connectivity index (χ3v) is 6.01. The Morgan fingerprint density at radius 2 is 1.88 bits per heavy atom. The van der Waals surface area contributed by atoms with E-state index in [1.807, 2.05) is 0 Å². The number of carbonyl (C=O) groups is 1. The first-order valence-corrected chi connectivity index (χ1v) is 9.13. The van der Waals surface area contributed by atoms with Crippen LogP contribution in [0.3, 0.4) is 0 Å². The highest BCUT2D eigenvalue weighted by atomic mass is 32.2. The van der Waals surface area contributed by atoms with Gasteiger partial charge in [0, 0.05) is 38.2 Å². The van der Waals surface area contributed by atoms with E-state index in [1.165, 1.54) is 13.0 Å². The van der Waals surface area contributed by atoms with Crippen molar-refractivity contribution >= 4 is 21.6 Å². The number of piperidine rings is 1. The summed E-state index contributed by atoms with van der Waals surface area (Å²) in [6.07, 6.45) is 1.04. The summed E-state index contributed by atoms with van der Waals surface area (Å²) < 4.78 is 27.9. The van der Waals surface area contributed by atoms with Gasteiger partial charge < -0.3 is 4.90 Å². The van der Waals surface area contributed by atoms with Gasteiger partial charge in [-0.1, -0.05) is 0 Å². The average molecular weight is 355 g/mol. The van der Waals surface area contributed by atoms with Crippen molar-refractivity contribution in [2.24, 2.45) is 0 Å². The fourth-order valence-corrected chi connectivity index (χ4v) is 4.43. The molecule has 2 rings (SSSR count). The lowest BCUT2D eigenvalue weighted by Gasteiger charge is -2.31. The van der Waals surface area contributed by atoms with E-state index in [0.717, 1.165) is 6.07 Å². The molecule has 1 amide bonds. The third kappa shape index (κ3) is 3.90. The molecule has 24 heavy (non-hydrogen) atoms. The standard InChI is InChI=1S/C15H21N3O5S/c1-10-8-14(18(20)21)9-15(11(10)2)24(22,23)16-13-4-6-17(7-5-13)12(3)19/h8-9,13,16H,4-7H2,1-3H3. The minimum atomic E-state index is -3.86. The molecule has 0 spiro atoms. The van der Waals surface area contributed by atoms with Crippen LogP contribution in [0.4, 0.5) is 5.69 Å². The highest BCUT2D eigenvalue weighted by Crippen LogP contribution is 2.26. The van der Waals surface area contributed by atoms with E-state index in [0.29, 0.717) is 37.1 Å². The number of aryl methyl sites for hydroxylation is 1. The van der Waals surface area contributed by atoms with E-state index in [2.05, 4.69) is 4.72 Å². The Balaban J connectivity index is 2.22. The number of hydrogen-bond donors (Lipinski definition) is 1. The van der Waals surface area contributed by atoms with Crippen molar-refractivity contribution in [3.05, 3.63) is 33.4 Å². The van der Waals surface area contributed by atoms with Crippen LogP contribution in [0.15, 0.2) is 17.0 Å². The highest BCUT2D eigenvalue weighted by molar-refractivity contribution is 7.89. The molecule has 1 N–H and O–H groups in total. The van der Waals surface area contributed by atoms with Crippen LogP contribution in [0.2, 0.25) is 0 Å².